The fourth-order valence-electron chi connectivity index (χ4n) is 3.73. The smallest absolute Gasteiger partial charge is 0.407 e. The highest BCUT2D eigenvalue weighted by molar-refractivity contribution is 7.89. The largest absolute Gasteiger partial charge is 0.444 e. The van der Waals surface area contributed by atoms with Gasteiger partial charge in [-0.05, 0) is 58.2 Å². The van der Waals surface area contributed by atoms with E-state index in [-0.39, 0.29) is 16.9 Å². The quantitative estimate of drug-likeness (QED) is 0.333. The number of carbonyl (C=O) groups is 2. The molecule has 0 heterocycles. The second kappa shape index (κ2) is 10.3. The summed E-state index contributed by atoms with van der Waals surface area (Å²) in [4.78, 5) is 24.3. The third-order valence-electron chi connectivity index (χ3n) is 5.33. The molecule has 0 unspecified atom stereocenters. The van der Waals surface area contributed by atoms with Crippen molar-refractivity contribution in [2.24, 2.45) is 0 Å². The molecule has 2 atom stereocenters. The summed E-state index contributed by atoms with van der Waals surface area (Å²) in [6.07, 6.45) is 0.943. The first-order valence-corrected chi connectivity index (χ1v) is 12.5. The summed E-state index contributed by atoms with van der Waals surface area (Å²) >= 11 is 0. The normalized spacial score (nSPS) is 18.1. The summed E-state index contributed by atoms with van der Waals surface area (Å²) in [5.74, 6) is -5.59. The Morgan fingerprint density at radius 3 is 2.25 bits per heavy atom. The molecule has 196 valence electrons. The van der Waals surface area contributed by atoms with E-state index in [4.69, 9.17) is 10.5 Å². The molecule has 2 amide bonds. The van der Waals surface area contributed by atoms with Crippen LogP contribution in [0.1, 0.15) is 50.4 Å². The minimum absolute atomic E-state index is 0.146. The Labute approximate surface area is 206 Å². The van der Waals surface area contributed by atoms with Gasteiger partial charge >= 0.3 is 6.09 Å². The van der Waals surface area contributed by atoms with Crippen molar-refractivity contribution in [3.63, 3.8) is 0 Å². The van der Waals surface area contributed by atoms with Crippen LogP contribution in [0.25, 0.3) is 0 Å². The number of amides is 2. The summed E-state index contributed by atoms with van der Waals surface area (Å²) in [7, 11) is -4.24. The van der Waals surface area contributed by atoms with Crippen LogP contribution in [0.2, 0.25) is 0 Å². The molecule has 3 rings (SSSR count). The molecule has 9 nitrogen and oxygen atoms in total. The molecule has 36 heavy (non-hydrogen) atoms. The van der Waals surface area contributed by atoms with Gasteiger partial charge in [-0.1, -0.05) is 0 Å². The van der Waals surface area contributed by atoms with Gasteiger partial charge in [0.1, 0.15) is 10.5 Å². The van der Waals surface area contributed by atoms with Crippen molar-refractivity contribution in [1.29, 1.82) is 0 Å². The summed E-state index contributed by atoms with van der Waals surface area (Å²) in [5, 5.41) is 4.86. The van der Waals surface area contributed by atoms with Gasteiger partial charge < -0.3 is 21.1 Å². The molecule has 2 aromatic rings. The van der Waals surface area contributed by atoms with E-state index in [1.54, 1.807) is 20.8 Å². The number of sulfonamides is 1. The number of hydrogen-bond donors (Lipinski definition) is 4. The highest BCUT2D eigenvalue weighted by atomic mass is 32.2. The molecular weight excluding hydrogens is 501 g/mol. The average Bonchev–Trinajstić information content (AvgIpc) is 3.16. The van der Waals surface area contributed by atoms with E-state index in [1.165, 1.54) is 12.1 Å². The van der Waals surface area contributed by atoms with Gasteiger partial charge in [0.15, 0.2) is 17.5 Å². The third-order valence-corrected chi connectivity index (χ3v) is 6.88. The lowest BCUT2D eigenvalue weighted by molar-refractivity contribution is 0.0499. The van der Waals surface area contributed by atoms with Crippen LogP contribution in [-0.2, 0) is 14.8 Å². The predicted octanol–water partition coefficient (Wildman–Crippen LogP) is 3.66. The van der Waals surface area contributed by atoms with Gasteiger partial charge in [-0.3, -0.25) is 4.79 Å². The average molecular weight is 529 g/mol. The van der Waals surface area contributed by atoms with Crippen molar-refractivity contribution in [3.8, 4) is 0 Å². The van der Waals surface area contributed by atoms with Gasteiger partial charge in [-0.2, -0.15) is 0 Å². The van der Waals surface area contributed by atoms with Crippen LogP contribution in [0, 0.1) is 17.5 Å². The number of alkyl carbamates (subject to hydrolysis) is 1. The SMILES string of the molecule is CC(C)(C)OC(=O)N[C@H]1CCC[C@H]1NS(=O)(=O)c1cc(C(=O)Nc2cc(F)c(F)c(F)c2)ccc1N. The molecule has 0 bridgehead atoms. The highest BCUT2D eigenvalue weighted by Gasteiger charge is 2.34. The topological polar surface area (TPSA) is 140 Å². The van der Waals surface area contributed by atoms with Gasteiger partial charge in [0.25, 0.3) is 5.91 Å². The Morgan fingerprint density at radius 2 is 1.64 bits per heavy atom. The zero-order valence-corrected chi connectivity index (χ0v) is 20.6. The summed E-state index contributed by atoms with van der Waals surface area (Å²) in [5.41, 5.74) is 4.45. The maximum absolute atomic E-state index is 13.4. The Kier molecular flexibility index (Phi) is 7.84. The van der Waals surface area contributed by atoms with E-state index in [2.05, 4.69) is 15.4 Å². The molecule has 0 radical (unpaired) electrons. The van der Waals surface area contributed by atoms with Gasteiger partial charge in [0.05, 0.1) is 5.69 Å². The van der Waals surface area contributed by atoms with Crippen molar-refractivity contribution >= 4 is 33.4 Å². The molecule has 0 saturated heterocycles. The molecule has 1 fully saturated rings. The van der Waals surface area contributed by atoms with Crippen LogP contribution in [0.15, 0.2) is 35.2 Å². The van der Waals surface area contributed by atoms with E-state index in [1.807, 2.05) is 0 Å². The summed E-state index contributed by atoms with van der Waals surface area (Å²) in [6.45, 7) is 5.11. The van der Waals surface area contributed by atoms with Crippen LogP contribution < -0.4 is 21.1 Å². The highest BCUT2D eigenvalue weighted by Crippen LogP contribution is 2.26. The summed E-state index contributed by atoms with van der Waals surface area (Å²) in [6, 6.07) is 3.43. The molecular formula is C23H27F3N4O5S. The lowest BCUT2D eigenvalue weighted by Crippen LogP contribution is -2.49. The number of rotatable bonds is 6. The molecule has 2 aromatic carbocycles. The number of nitrogens with two attached hydrogens (primary N) is 1. The molecule has 1 saturated carbocycles. The number of nitrogen functional groups attached to an aromatic ring is 1. The lowest BCUT2D eigenvalue weighted by atomic mass is 10.2. The first-order chi connectivity index (χ1) is 16.7. The van der Waals surface area contributed by atoms with E-state index < -0.39 is 62.1 Å². The van der Waals surface area contributed by atoms with Crippen LogP contribution in [0.4, 0.5) is 29.3 Å². The third kappa shape index (κ3) is 6.66. The van der Waals surface area contributed by atoms with Crippen molar-refractivity contribution in [2.45, 2.75) is 62.6 Å². The zero-order chi connectivity index (χ0) is 26.8. The molecule has 0 spiro atoms. The van der Waals surface area contributed by atoms with Crippen molar-refractivity contribution in [1.82, 2.24) is 10.0 Å². The number of carbonyl (C=O) groups excluding carboxylic acids is 2. The number of ether oxygens (including phenoxy) is 1. The maximum atomic E-state index is 13.4. The fourth-order valence-corrected chi connectivity index (χ4v) is 5.20. The molecule has 0 aromatic heterocycles. The Hall–Kier alpha value is -3.32. The van der Waals surface area contributed by atoms with E-state index in [9.17, 15) is 31.2 Å². The predicted molar refractivity (Wildman–Crippen MR) is 126 cm³/mol. The van der Waals surface area contributed by atoms with E-state index in [0.29, 0.717) is 31.4 Å². The minimum Gasteiger partial charge on any atom is -0.444 e. The first kappa shape index (κ1) is 27.3. The van der Waals surface area contributed by atoms with Gasteiger partial charge in [0.2, 0.25) is 10.0 Å². The maximum Gasteiger partial charge on any atom is 0.407 e. The number of hydrogen-bond acceptors (Lipinski definition) is 6. The molecule has 1 aliphatic rings. The first-order valence-electron chi connectivity index (χ1n) is 11.0. The fraction of sp³-hybridized carbons (Fsp3) is 0.391. The van der Waals surface area contributed by atoms with Crippen molar-refractivity contribution < 1.29 is 35.9 Å². The molecule has 5 N–H and O–H groups in total. The standard InChI is InChI=1S/C23H27F3N4O5S/c1-23(2,3)35-22(32)29-17-5-4-6-18(17)30-36(33,34)19-9-12(7-8-16(19)27)21(31)28-13-10-14(24)20(26)15(25)11-13/h7-11,17-18,30H,4-6,27H2,1-3H3,(H,28,31)(H,29,32)/t17-,18+/m0/s1. The number of benzene rings is 2. The van der Waals surface area contributed by atoms with E-state index in [0.717, 1.165) is 6.07 Å². The van der Waals surface area contributed by atoms with E-state index >= 15 is 0 Å². The van der Waals surface area contributed by atoms with Gasteiger partial charge in [0, 0.05) is 35.5 Å². The monoisotopic (exact) mass is 528 g/mol. The number of halogens is 3. The van der Waals surface area contributed by atoms with Crippen LogP contribution in [0.5, 0.6) is 0 Å². The summed E-state index contributed by atoms with van der Waals surface area (Å²) < 4.78 is 74.0. The van der Waals surface area contributed by atoms with Crippen LogP contribution >= 0.6 is 0 Å². The Bertz CT molecular complexity index is 1260. The molecule has 1 aliphatic carbocycles. The van der Waals surface area contributed by atoms with Crippen LogP contribution in [-0.4, -0.2) is 38.1 Å². The zero-order valence-electron chi connectivity index (χ0n) is 19.8. The number of nitrogens with one attached hydrogen (secondary N) is 3. The second-order valence-corrected chi connectivity index (χ2v) is 11.1. The van der Waals surface area contributed by atoms with Crippen molar-refractivity contribution in [2.75, 3.05) is 11.1 Å². The van der Waals surface area contributed by atoms with Crippen LogP contribution in [0.3, 0.4) is 0 Å². The lowest BCUT2D eigenvalue weighted by Gasteiger charge is -2.25. The number of anilines is 2. The Balaban J connectivity index is 1.77. The molecule has 0 aliphatic heterocycles. The Morgan fingerprint density at radius 1 is 1.03 bits per heavy atom. The van der Waals surface area contributed by atoms with Crippen molar-refractivity contribution in [3.05, 3.63) is 53.3 Å². The van der Waals surface area contributed by atoms with Gasteiger partial charge in [-0.15, -0.1) is 0 Å². The minimum atomic E-state index is -4.24. The molecule has 13 heteroatoms. The second-order valence-electron chi connectivity index (χ2n) is 9.37. The van der Waals surface area contributed by atoms with Gasteiger partial charge in [-0.25, -0.2) is 31.1 Å².